The van der Waals surface area contributed by atoms with Crippen LogP contribution in [0.2, 0.25) is 5.02 Å². The maximum absolute atomic E-state index is 6.38. The van der Waals surface area contributed by atoms with Crippen LogP contribution in [0.15, 0.2) is 6.20 Å². The number of rotatable bonds is 5. The third-order valence-electron chi connectivity index (χ3n) is 3.61. The van der Waals surface area contributed by atoms with Crippen molar-refractivity contribution in [2.24, 2.45) is 11.7 Å². The second kappa shape index (κ2) is 6.70. The van der Waals surface area contributed by atoms with E-state index in [0.29, 0.717) is 10.9 Å². The van der Waals surface area contributed by atoms with Crippen LogP contribution >= 0.6 is 11.6 Å². The highest BCUT2D eigenvalue weighted by atomic mass is 35.5. The molecule has 5 nitrogen and oxygen atoms in total. The molecule has 1 aromatic rings. The van der Waals surface area contributed by atoms with Crippen molar-refractivity contribution in [2.75, 3.05) is 33.9 Å². The molecule has 1 aliphatic heterocycles. The van der Waals surface area contributed by atoms with Crippen molar-refractivity contribution in [2.45, 2.75) is 25.4 Å². The maximum Gasteiger partial charge on any atom is 0.0834 e. The molecule has 0 saturated carbocycles. The Bertz CT molecular complexity index is 401. The number of hydrogen-bond acceptors (Lipinski definition) is 4. The molecule has 19 heavy (non-hydrogen) atoms. The third-order valence-corrected chi connectivity index (χ3v) is 3.90. The Labute approximate surface area is 119 Å². The summed E-state index contributed by atoms with van der Waals surface area (Å²) in [4.78, 5) is 2.12. The van der Waals surface area contributed by atoms with Gasteiger partial charge < -0.3 is 15.4 Å². The second-order valence-electron chi connectivity index (χ2n) is 5.41. The van der Waals surface area contributed by atoms with Gasteiger partial charge in [0.1, 0.15) is 0 Å². The molecule has 2 atom stereocenters. The molecule has 108 valence electrons. The highest BCUT2D eigenvalue weighted by molar-refractivity contribution is 6.31. The normalized spacial score (nSPS) is 21.8. The smallest absolute Gasteiger partial charge is 0.0834 e. The Morgan fingerprint density at radius 3 is 3.05 bits per heavy atom. The zero-order chi connectivity index (χ0) is 13.8. The molecule has 2 N–H and O–H groups in total. The van der Waals surface area contributed by atoms with E-state index in [9.17, 15) is 0 Å². The quantitative estimate of drug-likeness (QED) is 0.892. The van der Waals surface area contributed by atoms with Gasteiger partial charge in [0.05, 0.1) is 36.1 Å². The molecule has 6 heteroatoms. The van der Waals surface area contributed by atoms with Gasteiger partial charge in [0.15, 0.2) is 0 Å². The molecular weight excluding hydrogens is 264 g/mol. The lowest BCUT2D eigenvalue weighted by molar-refractivity contribution is 0.0436. The summed E-state index contributed by atoms with van der Waals surface area (Å²) >= 11 is 6.26. The topological polar surface area (TPSA) is 56.3 Å². The highest BCUT2D eigenvalue weighted by Gasteiger charge is 2.27. The van der Waals surface area contributed by atoms with E-state index >= 15 is 0 Å². The van der Waals surface area contributed by atoms with Crippen molar-refractivity contribution in [1.82, 2.24) is 14.7 Å². The second-order valence-corrected chi connectivity index (χ2v) is 5.81. The van der Waals surface area contributed by atoms with Gasteiger partial charge in [0.25, 0.3) is 0 Å². The van der Waals surface area contributed by atoms with Crippen LogP contribution < -0.4 is 5.73 Å². The molecule has 0 aromatic carbocycles. The van der Waals surface area contributed by atoms with Gasteiger partial charge in [0, 0.05) is 19.1 Å². The number of hydrogen-bond donors (Lipinski definition) is 1. The fraction of sp³-hybridized carbons (Fsp3) is 0.769. The van der Waals surface area contributed by atoms with E-state index in [0.717, 1.165) is 44.8 Å². The zero-order valence-electron chi connectivity index (χ0n) is 11.7. The third kappa shape index (κ3) is 3.69. The van der Waals surface area contributed by atoms with Gasteiger partial charge in [-0.2, -0.15) is 5.10 Å². The molecule has 1 fully saturated rings. The van der Waals surface area contributed by atoms with E-state index < -0.39 is 0 Å². The first-order chi connectivity index (χ1) is 9.09. The zero-order valence-corrected chi connectivity index (χ0v) is 12.4. The number of nitrogens with zero attached hydrogens (tertiary/aromatic N) is 3. The summed E-state index contributed by atoms with van der Waals surface area (Å²) in [5.41, 5.74) is 7.33. The first kappa shape index (κ1) is 14.8. The number of likely N-dealkylation sites (N-methyl/N-ethyl adjacent to an activating group) is 1. The Morgan fingerprint density at radius 1 is 1.63 bits per heavy atom. The molecule has 2 heterocycles. The summed E-state index contributed by atoms with van der Waals surface area (Å²) < 4.78 is 7.45. The van der Waals surface area contributed by atoms with E-state index in [1.54, 1.807) is 6.20 Å². The number of nitrogens with two attached hydrogens (primary N) is 1. The molecule has 1 aromatic heterocycles. The molecule has 1 saturated heterocycles. The summed E-state index contributed by atoms with van der Waals surface area (Å²) in [7, 11) is 4.08. The first-order valence-electron chi connectivity index (χ1n) is 6.79. The SMILES string of the molecule is CN(C)CCn1ncc(Cl)c1C(N)C1CCCOC1. The van der Waals surface area contributed by atoms with Crippen molar-refractivity contribution >= 4 is 11.6 Å². The van der Waals surface area contributed by atoms with Gasteiger partial charge in [-0.1, -0.05) is 11.6 Å². The van der Waals surface area contributed by atoms with Gasteiger partial charge in [0.2, 0.25) is 0 Å². The number of ether oxygens (including phenoxy) is 1. The van der Waals surface area contributed by atoms with Crippen LogP contribution in [0.4, 0.5) is 0 Å². The molecule has 0 radical (unpaired) electrons. The molecule has 0 spiro atoms. The number of aromatic nitrogens is 2. The average Bonchev–Trinajstić information content (AvgIpc) is 2.78. The predicted molar refractivity (Wildman–Crippen MR) is 76.3 cm³/mol. The largest absolute Gasteiger partial charge is 0.381 e. The van der Waals surface area contributed by atoms with Crippen molar-refractivity contribution in [1.29, 1.82) is 0 Å². The molecule has 1 aliphatic rings. The van der Waals surface area contributed by atoms with Crippen molar-refractivity contribution in [3.8, 4) is 0 Å². The summed E-state index contributed by atoms with van der Waals surface area (Å²) in [6, 6.07) is -0.0996. The molecule has 2 rings (SSSR count). The summed E-state index contributed by atoms with van der Waals surface area (Å²) in [5.74, 6) is 0.334. The highest BCUT2D eigenvalue weighted by Crippen LogP contribution is 2.30. The molecular formula is C13H23ClN4O. The minimum absolute atomic E-state index is 0.0996. The Hall–Kier alpha value is -0.620. The number of halogens is 1. The van der Waals surface area contributed by atoms with Crippen LogP contribution in [-0.2, 0) is 11.3 Å². The van der Waals surface area contributed by atoms with Crippen LogP contribution in [-0.4, -0.2) is 48.5 Å². The fourth-order valence-electron chi connectivity index (χ4n) is 2.45. The van der Waals surface area contributed by atoms with Gasteiger partial charge >= 0.3 is 0 Å². The van der Waals surface area contributed by atoms with E-state index in [-0.39, 0.29) is 6.04 Å². The average molecular weight is 287 g/mol. The van der Waals surface area contributed by atoms with Gasteiger partial charge in [-0.3, -0.25) is 4.68 Å². The van der Waals surface area contributed by atoms with Crippen molar-refractivity contribution in [3.63, 3.8) is 0 Å². The monoisotopic (exact) mass is 286 g/mol. The Morgan fingerprint density at radius 2 is 2.42 bits per heavy atom. The minimum atomic E-state index is -0.0996. The van der Waals surface area contributed by atoms with Gasteiger partial charge in [-0.25, -0.2) is 0 Å². The van der Waals surface area contributed by atoms with E-state index in [2.05, 4.69) is 10.00 Å². The van der Waals surface area contributed by atoms with Crippen LogP contribution in [0.25, 0.3) is 0 Å². The lowest BCUT2D eigenvalue weighted by Crippen LogP contribution is -2.32. The van der Waals surface area contributed by atoms with Crippen LogP contribution in [0.3, 0.4) is 0 Å². The summed E-state index contributed by atoms with van der Waals surface area (Å²) in [5, 5.41) is 5.00. The lowest BCUT2D eigenvalue weighted by Gasteiger charge is -2.28. The Balaban J connectivity index is 2.10. The first-order valence-corrected chi connectivity index (χ1v) is 7.16. The molecule has 0 amide bonds. The van der Waals surface area contributed by atoms with Crippen molar-refractivity contribution < 1.29 is 4.74 Å². The van der Waals surface area contributed by atoms with Gasteiger partial charge in [-0.15, -0.1) is 0 Å². The van der Waals surface area contributed by atoms with Crippen LogP contribution in [0, 0.1) is 5.92 Å². The van der Waals surface area contributed by atoms with Crippen LogP contribution in [0.5, 0.6) is 0 Å². The standard InChI is InChI=1S/C13H23ClN4O/c1-17(2)5-6-18-13(11(14)8-16-18)12(15)10-4-3-7-19-9-10/h8,10,12H,3-7,9,15H2,1-2H3. The minimum Gasteiger partial charge on any atom is -0.381 e. The van der Waals surface area contributed by atoms with E-state index in [1.165, 1.54) is 0 Å². The van der Waals surface area contributed by atoms with Gasteiger partial charge in [-0.05, 0) is 26.9 Å². The predicted octanol–water partition coefficient (Wildman–Crippen LogP) is 1.52. The summed E-state index contributed by atoms with van der Waals surface area (Å²) in [6.45, 7) is 3.28. The molecule has 0 aliphatic carbocycles. The van der Waals surface area contributed by atoms with Crippen molar-refractivity contribution in [3.05, 3.63) is 16.9 Å². The maximum atomic E-state index is 6.38. The summed E-state index contributed by atoms with van der Waals surface area (Å²) in [6.07, 6.45) is 3.86. The van der Waals surface area contributed by atoms with Crippen LogP contribution in [0.1, 0.15) is 24.6 Å². The Kier molecular flexibility index (Phi) is 5.21. The molecule has 2 unspecified atom stereocenters. The molecule has 0 bridgehead atoms. The van der Waals surface area contributed by atoms with E-state index in [1.807, 2.05) is 18.8 Å². The fourth-order valence-corrected chi connectivity index (χ4v) is 2.72. The lowest BCUT2D eigenvalue weighted by atomic mass is 9.92. The van der Waals surface area contributed by atoms with E-state index in [4.69, 9.17) is 22.1 Å².